The monoisotopic (exact) mass is 365 g/mol. The van der Waals surface area contributed by atoms with Gasteiger partial charge in [0, 0.05) is 18.0 Å². The lowest BCUT2D eigenvalue weighted by Gasteiger charge is -2.10. The van der Waals surface area contributed by atoms with Crippen LogP contribution < -0.4 is 10.6 Å². The number of carbonyl (C=O) groups excluding carboxylic acids is 1. The van der Waals surface area contributed by atoms with E-state index in [2.05, 4.69) is 38.1 Å². The average molecular weight is 365 g/mol. The van der Waals surface area contributed by atoms with E-state index in [4.69, 9.17) is 11.2 Å². The first kappa shape index (κ1) is 20.1. The predicted molar refractivity (Wildman–Crippen MR) is 106 cm³/mol. The maximum absolute atomic E-state index is 11.3. The fraction of sp³-hybridized carbons (Fsp3) is 0.300. The molecule has 2 aromatic rings. The van der Waals surface area contributed by atoms with Gasteiger partial charge >= 0.3 is 0 Å². The van der Waals surface area contributed by atoms with Gasteiger partial charge in [0.05, 0.1) is 17.8 Å². The number of nitrogens with zero attached hydrogens (tertiary/aromatic N) is 3. The highest BCUT2D eigenvalue weighted by atomic mass is 16.5. The molecule has 0 radical (unpaired) electrons. The zero-order chi connectivity index (χ0) is 19.8. The van der Waals surface area contributed by atoms with E-state index in [1.807, 2.05) is 25.1 Å². The summed E-state index contributed by atoms with van der Waals surface area (Å²) in [5, 5.41) is 6.43. The number of hydrogen-bond donors (Lipinski definition) is 2. The molecule has 0 saturated heterocycles. The fourth-order valence-electron chi connectivity index (χ4n) is 2.40. The molecule has 0 atom stereocenters. The Bertz CT molecular complexity index is 910. The molecular formula is C20H23N5O2. The largest absolute Gasteiger partial charge is 0.368 e. The summed E-state index contributed by atoms with van der Waals surface area (Å²) in [6.45, 7) is 9.68. The number of aromatic nitrogens is 2. The first-order valence-electron chi connectivity index (χ1n) is 8.46. The number of aryl methyl sites for hydroxylation is 1. The van der Waals surface area contributed by atoms with E-state index >= 15 is 0 Å². The molecule has 7 nitrogen and oxygen atoms in total. The SMILES string of the molecule is C#CCOCCc1ccc2nc(N=C(NC(=C)C)NC(C)=O)nc(C)c2c1. The summed E-state index contributed by atoms with van der Waals surface area (Å²) in [5.74, 6) is 2.68. The van der Waals surface area contributed by atoms with Crippen molar-refractivity contribution in [2.45, 2.75) is 27.2 Å². The molecule has 0 fully saturated rings. The van der Waals surface area contributed by atoms with E-state index in [9.17, 15) is 4.79 Å². The lowest BCUT2D eigenvalue weighted by atomic mass is 10.1. The number of aliphatic imine (C=N–C) groups is 1. The number of carbonyl (C=O) groups is 1. The van der Waals surface area contributed by atoms with E-state index in [0.29, 0.717) is 18.9 Å². The van der Waals surface area contributed by atoms with Gasteiger partial charge in [-0.1, -0.05) is 18.6 Å². The van der Waals surface area contributed by atoms with Crippen molar-refractivity contribution in [3.05, 3.63) is 41.7 Å². The number of terminal acetylenes is 1. The molecule has 2 N–H and O–H groups in total. The molecule has 0 unspecified atom stereocenters. The Morgan fingerprint density at radius 1 is 1.33 bits per heavy atom. The second-order valence-electron chi connectivity index (χ2n) is 6.01. The summed E-state index contributed by atoms with van der Waals surface area (Å²) >= 11 is 0. The average Bonchev–Trinajstić information content (AvgIpc) is 2.58. The number of amides is 1. The first-order chi connectivity index (χ1) is 12.9. The maximum Gasteiger partial charge on any atom is 0.253 e. The first-order valence-corrected chi connectivity index (χ1v) is 8.46. The normalized spacial score (nSPS) is 11.1. The Labute approximate surface area is 159 Å². The van der Waals surface area contributed by atoms with Gasteiger partial charge in [-0.2, -0.15) is 4.99 Å². The number of fused-ring (bicyclic) bond motifs is 1. The van der Waals surface area contributed by atoms with Crippen molar-refractivity contribution < 1.29 is 9.53 Å². The predicted octanol–water partition coefficient (Wildman–Crippen LogP) is 2.38. The van der Waals surface area contributed by atoms with Crippen LogP contribution in [-0.4, -0.2) is 35.0 Å². The molecule has 0 bridgehead atoms. The lowest BCUT2D eigenvalue weighted by Crippen LogP contribution is -2.38. The van der Waals surface area contributed by atoms with Crippen molar-refractivity contribution in [3.8, 4) is 12.3 Å². The van der Waals surface area contributed by atoms with Gasteiger partial charge in [-0.15, -0.1) is 6.42 Å². The molecule has 1 amide bonds. The Balaban J connectivity index is 2.29. The molecule has 1 aromatic carbocycles. The molecule has 27 heavy (non-hydrogen) atoms. The molecule has 140 valence electrons. The molecule has 0 spiro atoms. The minimum atomic E-state index is -0.253. The van der Waals surface area contributed by atoms with Gasteiger partial charge in [0.15, 0.2) is 0 Å². The number of allylic oxidation sites excluding steroid dienone is 1. The molecule has 0 aliphatic rings. The van der Waals surface area contributed by atoms with Crippen LogP contribution in [0, 0.1) is 19.3 Å². The molecule has 7 heteroatoms. The van der Waals surface area contributed by atoms with Crippen molar-refractivity contribution in [2.75, 3.05) is 13.2 Å². The third-order valence-electron chi connectivity index (χ3n) is 3.50. The number of benzene rings is 1. The summed E-state index contributed by atoms with van der Waals surface area (Å²) in [5.41, 5.74) is 3.32. The van der Waals surface area contributed by atoms with Crippen LogP contribution in [0.1, 0.15) is 25.1 Å². The Hall–Kier alpha value is -3.24. The Kier molecular flexibility index (Phi) is 7.03. The van der Waals surface area contributed by atoms with Gasteiger partial charge in [0.1, 0.15) is 6.61 Å². The van der Waals surface area contributed by atoms with Gasteiger partial charge in [0.2, 0.25) is 11.9 Å². The molecule has 1 heterocycles. The van der Waals surface area contributed by atoms with E-state index in [1.165, 1.54) is 6.92 Å². The van der Waals surface area contributed by atoms with Crippen molar-refractivity contribution >= 4 is 28.7 Å². The highest BCUT2D eigenvalue weighted by molar-refractivity contribution is 5.97. The van der Waals surface area contributed by atoms with Gasteiger partial charge in [-0.05, 0) is 38.0 Å². The van der Waals surface area contributed by atoms with E-state index in [0.717, 1.165) is 28.6 Å². The van der Waals surface area contributed by atoms with Crippen LogP contribution >= 0.6 is 0 Å². The highest BCUT2D eigenvalue weighted by Crippen LogP contribution is 2.20. The lowest BCUT2D eigenvalue weighted by molar-refractivity contribution is -0.117. The second kappa shape index (κ2) is 9.46. The molecule has 0 saturated carbocycles. The van der Waals surface area contributed by atoms with Crippen molar-refractivity contribution in [1.29, 1.82) is 0 Å². The minimum Gasteiger partial charge on any atom is -0.368 e. The standard InChI is InChI=1S/C20H23N5O2/c1-6-10-27-11-9-16-7-8-18-17(12-16)14(4)22-20(24-18)25-19(21-13(2)3)23-15(5)26/h1,7-8,12H,2,9-11H2,3-5H3,(H2,21,22,23,24,25,26). The zero-order valence-electron chi connectivity index (χ0n) is 15.8. The van der Waals surface area contributed by atoms with Crippen LogP contribution in [-0.2, 0) is 16.0 Å². The van der Waals surface area contributed by atoms with Crippen LogP contribution in [0.3, 0.4) is 0 Å². The highest BCUT2D eigenvalue weighted by Gasteiger charge is 2.08. The van der Waals surface area contributed by atoms with Gasteiger partial charge in [-0.25, -0.2) is 9.97 Å². The Morgan fingerprint density at radius 3 is 2.78 bits per heavy atom. The molecule has 0 aliphatic carbocycles. The summed E-state index contributed by atoms with van der Waals surface area (Å²) in [6, 6.07) is 5.95. The van der Waals surface area contributed by atoms with Crippen LogP contribution in [0.5, 0.6) is 0 Å². The number of nitrogens with one attached hydrogen (secondary N) is 2. The van der Waals surface area contributed by atoms with Crippen molar-refractivity contribution in [1.82, 2.24) is 20.6 Å². The van der Waals surface area contributed by atoms with Crippen LogP contribution in [0.25, 0.3) is 10.9 Å². The smallest absolute Gasteiger partial charge is 0.253 e. The van der Waals surface area contributed by atoms with Crippen LogP contribution in [0.15, 0.2) is 35.5 Å². The van der Waals surface area contributed by atoms with Crippen molar-refractivity contribution in [2.24, 2.45) is 4.99 Å². The number of rotatable bonds is 6. The number of ether oxygens (including phenoxy) is 1. The second-order valence-corrected chi connectivity index (χ2v) is 6.01. The minimum absolute atomic E-state index is 0.232. The van der Waals surface area contributed by atoms with Gasteiger partial charge in [0.25, 0.3) is 5.95 Å². The van der Waals surface area contributed by atoms with Crippen molar-refractivity contribution in [3.63, 3.8) is 0 Å². The molecule has 1 aromatic heterocycles. The third-order valence-corrected chi connectivity index (χ3v) is 3.50. The van der Waals surface area contributed by atoms with Gasteiger partial charge < -0.3 is 10.1 Å². The maximum atomic E-state index is 11.3. The summed E-state index contributed by atoms with van der Waals surface area (Å²) in [7, 11) is 0. The van der Waals surface area contributed by atoms with Crippen LogP contribution in [0.4, 0.5) is 5.95 Å². The number of guanidine groups is 1. The summed E-state index contributed by atoms with van der Waals surface area (Å²) in [6.07, 6.45) is 5.93. The zero-order valence-corrected chi connectivity index (χ0v) is 15.8. The van der Waals surface area contributed by atoms with Crippen LogP contribution in [0.2, 0.25) is 0 Å². The quantitative estimate of drug-likeness (QED) is 0.355. The summed E-state index contributed by atoms with van der Waals surface area (Å²) < 4.78 is 5.32. The number of hydrogen-bond acceptors (Lipinski definition) is 5. The molecule has 2 rings (SSSR count). The fourth-order valence-corrected chi connectivity index (χ4v) is 2.40. The topological polar surface area (TPSA) is 88.5 Å². The molecule has 0 aliphatic heterocycles. The van der Waals surface area contributed by atoms with E-state index < -0.39 is 0 Å². The van der Waals surface area contributed by atoms with E-state index in [-0.39, 0.29) is 17.8 Å². The summed E-state index contributed by atoms with van der Waals surface area (Å²) in [4.78, 5) is 24.5. The van der Waals surface area contributed by atoms with E-state index in [1.54, 1.807) is 6.92 Å². The Morgan fingerprint density at radius 2 is 2.11 bits per heavy atom. The molecular weight excluding hydrogens is 342 g/mol. The van der Waals surface area contributed by atoms with Gasteiger partial charge in [-0.3, -0.25) is 10.1 Å². The third kappa shape index (κ3) is 6.20.